The predicted octanol–water partition coefficient (Wildman–Crippen LogP) is 1.47. The van der Waals surface area contributed by atoms with Gasteiger partial charge in [-0.2, -0.15) is 0 Å². The minimum Gasteiger partial charge on any atom is -0.462 e. The lowest BCUT2D eigenvalue weighted by atomic mass is 10.4. The molecular weight excluding hydrogens is 179 g/mol. The molecule has 1 heterocycles. The van der Waals surface area contributed by atoms with E-state index >= 15 is 0 Å². The summed E-state index contributed by atoms with van der Waals surface area (Å²) in [6, 6.07) is 0. The van der Waals surface area contributed by atoms with Crippen molar-refractivity contribution in [2.45, 2.75) is 32.0 Å². The van der Waals surface area contributed by atoms with E-state index in [2.05, 4.69) is 4.74 Å². The van der Waals surface area contributed by atoms with Crippen molar-refractivity contribution in [3.8, 4) is 0 Å². The van der Waals surface area contributed by atoms with Gasteiger partial charge in [0.05, 0.1) is 6.61 Å². The number of hydrogen-bond donors (Lipinski definition) is 0. The quantitative estimate of drug-likeness (QED) is 0.500. The second-order valence-corrected chi connectivity index (χ2v) is 4.32. The third-order valence-electron chi connectivity index (χ3n) is 1.48. The summed E-state index contributed by atoms with van der Waals surface area (Å²) in [5.74, 6) is -0.392. The summed E-state index contributed by atoms with van der Waals surface area (Å²) in [7, 11) is -1.89. The Bertz CT molecular complexity index is 202. The highest BCUT2D eigenvalue weighted by molar-refractivity contribution is 7.41. The Labute approximate surface area is 72.1 Å². The number of cyclic esters (lactones) is 1. The summed E-state index contributed by atoms with van der Waals surface area (Å²) in [5, 5.41) is 0. The van der Waals surface area contributed by atoms with Gasteiger partial charge in [-0.05, 0) is 18.4 Å². The Morgan fingerprint density at radius 3 is 2.75 bits per heavy atom. The van der Waals surface area contributed by atoms with Gasteiger partial charge in [-0.15, -0.1) is 4.52 Å². The summed E-state index contributed by atoms with van der Waals surface area (Å²) in [6.45, 7) is 3.94. The average Bonchev–Trinajstić information content (AvgIpc) is 2.33. The summed E-state index contributed by atoms with van der Waals surface area (Å²) in [4.78, 5) is 10.9. The van der Waals surface area contributed by atoms with Crippen LogP contribution in [0.3, 0.4) is 0 Å². The van der Waals surface area contributed by atoms with Crippen LogP contribution < -0.4 is 0 Å². The van der Waals surface area contributed by atoms with Gasteiger partial charge in [0.1, 0.15) is 6.10 Å². The van der Waals surface area contributed by atoms with Crippen molar-refractivity contribution in [2.75, 3.05) is 6.61 Å². The zero-order chi connectivity index (χ0) is 9.14. The van der Waals surface area contributed by atoms with Crippen LogP contribution in [0.4, 0.5) is 0 Å². The van der Waals surface area contributed by atoms with Gasteiger partial charge in [0.2, 0.25) is 0 Å². The summed E-state index contributed by atoms with van der Waals surface area (Å²) in [6.07, 6.45) is 0.405. The van der Waals surface area contributed by atoms with E-state index < -0.39 is 19.7 Å². The molecule has 4 nitrogen and oxygen atoms in total. The molecule has 1 aliphatic heterocycles. The van der Waals surface area contributed by atoms with Crippen molar-refractivity contribution >= 4 is 14.0 Å². The Morgan fingerprint density at radius 2 is 2.33 bits per heavy atom. The highest BCUT2D eigenvalue weighted by atomic mass is 31.1. The minimum atomic E-state index is -1.89. The molecule has 0 bridgehead atoms. The fourth-order valence-corrected chi connectivity index (χ4v) is 2.08. The van der Waals surface area contributed by atoms with E-state index in [-0.39, 0.29) is 6.10 Å². The second kappa shape index (κ2) is 3.97. The lowest BCUT2D eigenvalue weighted by Gasteiger charge is -1.95. The Morgan fingerprint density at radius 1 is 1.67 bits per heavy atom. The van der Waals surface area contributed by atoms with Crippen molar-refractivity contribution in [2.24, 2.45) is 0 Å². The average molecular weight is 191 g/mol. The minimum absolute atomic E-state index is 0.109. The molecule has 0 aromatic rings. The van der Waals surface area contributed by atoms with Crippen LogP contribution in [0.5, 0.6) is 0 Å². The number of esters is 1. The first-order valence-electron chi connectivity index (χ1n) is 3.91. The number of hydrogen-bond acceptors (Lipinski definition) is 4. The first kappa shape index (κ1) is 9.62. The lowest BCUT2D eigenvalue weighted by Crippen LogP contribution is -2.12. The van der Waals surface area contributed by atoms with Gasteiger partial charge in [-0.1, -0.05) is 0 Å². The summed E-state index contributed by atoms with van der Waals surface area (Å²) >= 11 is 0. The van der Waals surface area contributed by atoms with E-state index in [0.29, 0.717) is 13.0 Å². The first-order valence-corrected chi connectivity index (χ1v) is 5.15. The highest BCUT2D eigenvalue weighted by Gasteiger charge is 2.45. The Balaban J connectivity index is 2.46. The van der Waals surface area contributed by atoms with Crippen molar-refractivity contribution in [3.05, 3.63) is 0 Å². The van der Waals surface area contributed by atoms with Gasteiger partial charge in [0.15, 0.2) is 0 Å². The summed E-state index contributed by atoms with van der Waals surface area (Å²) < 4.78 is 21.0. The topological polar surface area (TPSA) is 52.6 Å². The third-order valence-corrected chi connectivity index (χ3v) is 3.08. The molecule has 0 amide bonds. The zero-order valence-corrected chi connectivity index (χ0v) is 8.04. The number of ether oxygens (including phenoxy) is 1. The van der Waals surface area contributed by atoms with Crippen LogP contribution in [0.2, 0.25) is 0 Å². The molecule has 1 rings (SSSR count). The molecule has 0 aromatic carbocycles. The Kier molecular flexibility index (Phi) is 3.18. The van der Waals surface area contributed by atoms with Crippen molar-refractivity contribution in [1.29, 1.82) is 0 Å². The number of rotatable bonds is 3. The van der Waals surface area contributed by atoms with Crippen LogP contribution in [-0.4, -0.2) is 24.3 Å². The fraction of sp³-hybridized carbons (Fsp3) is 0.857. The van der Waals surface area contributed by atoms with Crippen LogP contribution in [0, 0.1) is 0 Å². The van der Waals surface area contributed by atoms with Gasteiger partial charge in [0, 0.05) is 6.42 Å². The molecule has 1 aliphatic rings. The van der Waals surface area contributed by atoms with E-state index in [1.807, 2.05) is 0 Å². The molecule has 68 valence electrons. The Hall–Kier alpha value is -0.470. The third kappa shape index (κ3) is 2.26. The van der Waals surface area contributed by atoms with Gasteiger partial charge in [0.25, 0.3) is 5.66 Å². The van der Waals surface area contributed by atoms with Gasteiger partial charge >= 0.3 is 14.0 Å². The molecule has 0 saturated carbocycles. The zero-order valence-electron chi connectivity index (χ0n) is 7.15. The second-order valence-electron chi connectivity index (χ2n) is 2.91. The monoisotopic (exact) mass is 191 g/mol. The SMILES string of the molecule is CC(C)O[P+](=O)C1CCOC1=O. The number of carbonyl (C=O) groups excluding carboxylic acids is 1. The maximum absolute atomic E-state index is 11.3. The first-order chi connectivity index (χ1) is 5.61. The lowest BCUT2D eigenvalue weighted by molar-refractivity contribution is -0.137. The van der Waals surface area contributed by atoms with Gasteiger partial charge < -0.3 is 4.74 Å². The smallest absolute Gasteiger partial charge is 0.462 e. The summed E-state index contributed by atoms with van der Waals surface area (Å²) in [5.41, 5.74) is -0.539. The van der Waals surface area contributed by atoms with Crippen LogP contribution in [0.25, 0.3) is 0 Å². The molecule has 0 radical (unpaired) electrons. The van der Waals surface area contributed by atoms with Crippen LogP contribution in [0.15, 0.2) is 0 Å². The van der Waals surface area contributed by atoms with E-state index in [1.165, 1.54) is 0 Å². The fourth-order valence-electron chi connectivity index (χ4n) is 0.958. The van der Waals surface area contributed by atoms with Crippen LogP contribution in [-0.2, 0) is 18.6 Å². The molecule has 0 N–H and O–H groups in total. The van der Waals surface area contributed by atoms with Gasteiger partial charge in [-0.25, -0.2) is 4.79 Å². The molecule has 5 heteroatoms. The largest absolute Gasteiger partial charge is 0.523 e. The van der Waals surface area contributed by atoms with E-state index in [0.717, 1.165) is 0 Å². The molecule has 0 spiro atoms. The standard InChI is InChI=1S/C7H12O4P/c1-5(2)11-12(9)6-3-4-10-7(6)8/h5-6H,3-4H2,1-2H3/q+1. The maximum Gasteiger partial charge on any atom is 0.523 e. The molecule has 2 atom stereocenters. The van der Waals surface area contributed by atoms with E-state index in [4.69, 9.17) is 4.52 Å². The van der Waals surface area contributed by atoms with Crippen molar-refractivity contribution < 1.29 is 18.6 Å². The van der Waals surface area contributed by atoms with E-state index in [9.17, 15) is 9.36 Å². The molecular formula is C7H12O4P+. The van der Waals surface area contributed by atoms with Crippen molar-refractivity contribution in [3.63, 3.8) is 0 Å². The highest BCUT2D eigenvalue weighted by Crippen LogP contribution is 2.36. The molecule has 12 heavy (non-hydrogen) atoms. The molecule has 0 aromatic heterocycles. The maximum atomic E-state index is 11.3. The van der Waals surface area contributed by atoms with Gasteiger partial charge in [-0.3, -0.25) is 0 Å². The van der Waals surface area contributed by atoms with E-state index in [1.54, 1.807) is 13.8 Å². The predicted molar refractivity (Wildman–Crippen MR) is 43.2 cm³/mol. The van der Waals surface area contributed by atoms with Crippen molar-refractivity contribution in [1.82, 2.24) is 0 Å². The van der Waals surface area contributed by atoms with Crippen LogP contribution >= 0.6 is 8.03 Å². The molecule has 1 saturated heterocycles. The number of carbonyl (C=O) groups is 1. The normalized spacial score (nSPS) is 24.4. The molecule has 1 fully saturated rings. The molecule has 2 unspecified atom stereocenters. The van der Waals surface area contributed by atoms with Crippen LogP contribution in [0.1, 0.15) is 20.3 Å². The molecule has 0 aliphatic carbocycles.